The quantitative estimate of drug-likeness (QED) is 0.902. The van der Waals surface area contributed by atoms with Crippen LogP contribution in [-0.2, 0) is 4.79 Å². The molecule has 2 rings (SSSR count). The number of rotatable bonds is 4. The van der Waals surface area contributed by atoms with Gasteiger partial charge in [-0.05, 0) is 37.8 Å². The third kappa shape index (κ3) is 2.69. The zero-order valence-corrected chi connectivity index (χ0v) is 10.00. The molecule has 0 amide bonds. The zero-order chi connectivity index (χ0) is 12.6. The minimum Gasteiger partial charge on any atom is -0.479 e. The van der Waals surface area contributed by atoms with Crippen LogP contribution in [0.3, 0.4) is 0 Å². The van der Waals surface area contributed by atoms with E-state index in [-0.39, 0.29) is 11.7 Å². The van der Waals surface area contributed by atoms with Gasteiger partial charge in [0.1, 0.15) is 0 Å². The van der Waals surface area contributed by atoms with Crippen LogP contribution in [-0.4, -0.2) is 17.2 Å². The Bertz CT molecular complexity index is 457. The van der Waals surface area contributed by atoms with Crippen molar-refractivity contribution in [3.8, 4) is 5.75 Å². The van der Waals surface area contributed by atoms with Crippen LogP contribution in [0.15, 0.2) is 12.1 Å². The van der Waals surface area contributed by atoms with Crippen molar-refractivity contribution in [1.29, 1.82) is 0 Å². The first-order valence-electron chi connectivity index (χ1n) is 5.37. The highest BCUT2D eigenvalue weighted by atomic mass is 35.5. The number of halogens is 2. The van der Waals surface area contributed by atoms with E-state index in [1.54, 1.807) is 6.07 Å². The molecule has 1 aromatic carbocycles. The highest BCUT2D eigenvalue weighted by molar-refractivity contribution is 6.30. The Labute approximate surface area is 103 Å². The van der Waals surface area contributed by atoms with E-state index >= 15 is 0 Å². The van der Waals surface area contributed by atoms with Gasteiger partial charge in [0, 0.05) is 10.6 Å². The molecule has 0 spiro atoms. The lowest BCUT2D eigenvalue weighted by Gasteiger charge is -2.15. The summed E-state index contributed by atoms with van der Waals surface area (Å²) in [5.41, 5.74) is 0.670. The van der Waals surface area contributed by atoms with Crippen LogP contribution in [0.1, 0.15) is 31.2 Å². The summed E-state index contributed by atoms with van der Waals surface area (Å²) in [6.45, 7) is 1.37. The van der Waals surface area contributed by atoms with Crippen molar-refractivity contribution in [2.24, 2.45) is 0 Å². The number of carboxylic acid groups (broad SMARTS) is 1. The van der Waals surface area contributed by atoms with Crippen molar-refractivity contribution in [2.45, 2.75) is 31.8 Å². The summed E-state index contributed by atoms with van der Waals surface area (Å²) in [6, 6.07) is 2.78. The molecule has 17 heavy (non-hydrogen) atoms. The lowest BCUT2D eigenvalue weighted by Crippen LogP contribution is -2.24. The maximum Gasteiger partial charge on any atom is 0.344 e. The summed E-state index contributed by atoms with van der Waals surface area (Å²) < 4.78 is 18.9. The summed E-state index contributed by atoms with van der Waals surface area (Å²) in [5, 5.41) is 9.07. The second-order valence-electron chi connectivity index (χ2n) is 4.18. The van der Waals surface area contributed by atoms with Gasteiger partial charge in [0.15, 0.2) is 17.7 Å². The van der Waals surface area contributed by atoms with E-state index in [0.29, 0.717) is 10.6 Å². The molecule has 3 nitrogen and oxygen atoms in total. The van der Waals surface area contributed by atoms with Crippen LogP contribution in [0.2, 0.25) is 5.02 Å². The Morgan fingerprint density at radius 1 is 1.59 bits per heavy atom. The Morgan fingerprint density at radius 2 is 2.24 bits per heavy atom. The normalized spacial score (nSPS) is 16.6. The average molecular weight is 259 g/mol. The summed E-state index contributed by atoms with van der Waals surface area (Å²) in [5.74, 6) is -1.47. The van der Waals surface area contributed by atoms with E-state index in [4.69, 9.17) is 21.4 Å². The van der Waals surface area contributed by atoms with Gasteiger partial charge < -0.3 is 9.84 Å². The monoisotopic (exact) mass is 258 g/mol. The number of hydrogen-bond donors (Lipinski definition) is 1. The van der Waals surface area contributed by atoms with Gasteiger partial charge in [-0.1, -0.05) is 11.6 Å². The van der Waals surface area contributed by atoms with Crippen LogP contribution in [0.5, 0.6) is 5.75 Å². The van der Waals surface area contributed by atoms with Crippen LogP contribution in [0.4, 0.5) is 4.39 Å². The fourth-order valence-electron chi connectivity index (χ4n) is 1.63. The van der Waals surface area contributed by atoms with Crippen LogP contribution in [0.25, 0.3) is 0 Å². The number of aliphatic carboxylic acids is 1. The highest BCUT2D eigenvalue weighted by Gasteiger charge is 2.30. The molecule has 0 saturated heterocycles. The third-order valence-electron chi connectivity index (χ3n) is 2.70. The molecule has 0 heterocycles. The Morgan fingerprint density at radius 3 is 2.76 bits per heavy atom. The van der Waals surface area contributed by atoms with Crippen LogP contribution >= 0.6 is 11.6 Å². The fraction of sp³-hybridized carbons (Fsp3) is 0.417. The third-order valence-corrected chi connectivity index (χ3v) is 2.91. The Hall–Kier alpha value is -1.29. The molecule has 1 N–H and O–H groups in total. The van der Waals surface area contributed by atoms with Gasteiger partial charge in [0.2, 0.25) is 0 Å². The molecular formula is C12H12ClFO3. The van der Waals surface area contributed by atoms with E-state index in [9.17, 15) is 9.18 Å². The van der Waals surface area contributed by atoms with Crippen molar-refractivity contribution in [2.75, 3.05) is 0 Å². The molecule has 5 heteroatoms. The molecule has 0 aromatic heterocycles. The lowest BCUT2D eigenvalue weighted by atomic mass is 10.1. The first kappa shape index (κ1) is 12.2. The van der Waals surface area contributed by atoms with Crippen molar-refractivity contribution < 1.29 is 19.0 Å². The molecule has 1 aromatic rings. The molecule has 1 fully saturated rings. The molecule has 1 atom stereocenters. The smallest absolute Gasteiger partial charge is 0.344 e. The zero-order valence-electron chi connectivity index (χ0n) is 9.24. The minimum atomic E-state index is -1.12. The van der Waals surface area contributed by atoms with Crippen LogP contribution in [0, 0.1) is 5.82 Å². The van der Waals surface area contributed by atoms with E-state index in [1.165, 1.54) is 6.92 Å². The second-order valence-corrected chi connectivity index (χ2v) is 4.61. The molecule has 0 radical (unpaired) electrons. The number of hydrogen-bond acceptors (Lipinski definition) is 2. The van der Waals surface area contributed by atoms with E-state index in [1.807, 2.05) is 0 Å². The topological polar surface area (TPSA) is 46.5 Å². The molecule has 0 aliphatic heterocycles. The Balaban J connectivity index is 2.34. The predicted octanol–water partition coefficient (Wildman–Crippen LogP) is 3.21. The molecule has 1 aliphatic rings. The minimum absolute atomic E-state index is 0.0202. The van der Waals surface area contributed by atoms with E-state index in [2.05, 4.69) is 0 Å². The second kappa shape index (κ2) is 4.53. The van der Waals surface area contributed by atoms with E-state index in [0.717, 1.165) is 18.9 Å². The first-order chi connectivity index (χ1) is 7.99. The number of ether oxygens (including phenoxy) is 1. The van der Waals surface area contributed by atoms with Gasteiger partial charge >= 0.3 is 5.97 Å². The maximum absolute atomic E-state index is 13.7. The van der Waals surface area contributed by atoms with Gasteiger partial charge in [-0.15, -0.1) is 0 Å². The van der Waals surface area contributed by atoms with Crippen molar-refractivity contribution in [3.05, 3.63) is 28.5 Å². The summed E-state index contributed by atoms with van der Waals surface area (Å²) in [6.07, 6.45) is 0.832. The number of carbonyl (C=O) groups is 1. The van der Waals surface area contributed by atoms with Gasteiger partial charge in [0.05, 0.1) is 0 Å². The van der Waals surface area contributed by atoms with Crippen LogP contribution < -0.4 is 4.74 Å². The molecule has 1 aliphatic carbocycles. The molecule has 0 bridgehead atoms. The maximum atomic E-state index is 13.7. The Kier molecular flexibility index (Phi) is 3.24. The SMILES string of the molecule is C[C@H](Oc1c(F)cc(Cl)cc1C1CC1)C(=O)O. The van der Waals surface area contributed by atoms with Gasteiger partial charge in [-0.3, -0.25) is 0 Å². The molecular weight excluding hydrogens is 247 g/mol. The van der Waals surface area contributed by atoms with Gasteiger partial charge in [-0.25, -0.2) is 9.18 Å². The molecule has 1 saturated carbocycles. The van der Waals surface area contributed by atoms with E-state index < -0.39 is 17.9 Å². The number of benzene rings is 1. The molecule has 92 valence electrons. The summed E-state index contributed by atoms with van der Waals surface area (Å²) in [4.78, 5) is 10.7. The molecule has 0 unspecified atom stereocenters. The first-order valence-corrected chi connectivity index (χ1v) is 5.75. The number of carboxylic acids is 1. The standard InChI is InChI=1S/C12H12ClFO3/c1-6(12(15)16)17-11-9(7-2-3-7)4-8(13)5-10(11)14/h4-7H,2-3H2,1H3,(H,15,16)/t6-/m0/s1. The summed E-state index contributed by atoms with van der Waals surface area (Å²) >= 11 is 5.78. The van der Waals surface area contributed by atoms with Crippen molar-refractivity contribution in [3.63, 3.8) is 0 Å². The fourth-order valence-corrected chi connectivity index (χ4v) is 1.84. The lowest BCUT2D eigenvalue weighted by molar-refractivity contribution is -0.144. The van der Waals surface area contributed by atoms with Gasteiger partial charge in [0.25, 0.3) is 0 Å². The van der Waals surface area contributed by atoms with Crippen molar-refractivity contribution >= 4 is 17.6 Å². The summed E-state index contributed by atoms with van der Waals surface area (Å²) in [7, 11) is 0. The van der Waals surface area contributed by atoms with Crippen molar-refractivity contribution in [1.82, 2.24) is 0 Å². The predicted molar refractivity (Wildman–Crippen MR) is 61.1 cm³/mol. The highest BCUT2D eigenvalue weighted by Crippen LogP contribution is 2.46. The van der Waals surface area contributed by atoms with Gasteiger partial charge in [-0.2, -0.15) is 0 Å². The average Bonchev–Trinajstić information content (AvgIpc) is 3.04. The largest absolute Gasteiger partial charge is 0.479 e.